The van der Waals surface area contributed by atoms with Crippen LogP contribution >= 0.6 is 0 Å². The van der Waals surface area contributed by atoms with Crippen molar-refractivity contribution in [3.05, 3.63) is 89.5 Å². The Labute approximate surface area is 178 Å². The lowest BCUT2D eigenvalue weighted by molar-refractivity contribution is -0.117. The summed E-state index contributed by atoms with van der Waals surface area (Å²) in [4.78, 5) is 14.7. The van der Waals surface area contributed by atoms with Crippen molar-refractivity contribution >= 4 is 17.2 Å². The Morgan fingerprint density at radius 3 is 2.10 bits per heavy atom. The van der Waals surface area contributed by atoms with Crippen molar-refractivity contribution in [2.45, 2.75) is 19.3 Å². The average molecular weight is 401 g/mol. The van der Waals surface area contributed by atoms with E-state index in [9.17, 15) is 4.79 Å². The third-order valence-electron chi connectivity index (χ3n) is 5.62. The minimum absolute atomic E-state index is 0.192. The number of carbonyl (C=O) groups excluding carboxylic acids is 1. The molecule has 0 spiro atoms. The van der Waals surface area contributed by atoms with E-state index in [0.29, 0.717) is 13.0 Å². The Balaban J connectivity index is 1.36. The zero-order chi connectivity index (χ0) is 20.8. The molecule has 0 saturated carbocycles. The number of ether oxygens (including phenoxy) is 1. The molecule has 0 atom stereocenters. The molecule has 0 radical (unpaired) electrons. The number of fused-ring (bicyclic) bond motifs is 2. The van der Waals surface area contributed by atoms with E-state index in [-0.39, 0.29) is 5.78 Å². The maximum atomic E-state index is 12.4. The highest BCUT2D eigenvalue weighted by atomic mass is 16.5. The first-order valence-electron chi connectivity index (χ1n) is 10.5. The summed E-state index contributed by atoms with van der Waals surface area (Å²) in [6.07, 6.45) is 2.54. The number of ketones is 1. The largest absolute Gasteiger partial charge is 0.497 e. The van der Waals surface area contributed by atoms with Gasteiger partial charge in [0, 0.05) is 30.9 Å². The van der Waals surface area contributed by atoms with Crippen LogP contribution in [0, 0.1) is 0 Å². The molecular formula is C26H28N2O2. The van der Waals surface area contributed by atoms with Crippen molar-refractivity contribution in [1.29, 1.82) is 0 Å². The molecular weight excluding hydrogens is 372 g/mol. The van der Waals surface area contributed by atoms with E-state index in [0.717, 1.165) is 37.2 Å². The minimum atomic E-state index is 0.192. The van der Waals surface area contributed by atoms with Gasteiger partial charge in [0.25, 0.3) is 0 Å². The molecule has 0 saturated heterocycles. The Kier molecular flexibility index (Phi) is 6.45. The lowest BCUT2D eigenvalue weighted by atomic mass is 10.0. The van der Waals surface area contributed by atoms with Gasteiger partial charge in [0.15, 0.2) is 5.78 Å². The first kappa shape index (κ1) is 20.2. The summed E-state index contributed by atoms with van der Waals surface area (Å²) >= 11 is 0. The SMILES string of the molecule is COc1ccc(CC(=O)CNCCN2c3ccccc3CCc3ccccc32)cc1. The first-order valence-corrected chi connectivity index (χ1v) is 10.5. The van der Waals surface area contributed by atoms with Crippen molar-refractivity contribution in [2.75, 3.05) is 31.6 Å². The number of anilines is 2. The zero-order valence-corrected chi connectivity index (χ0v) is 17.4. The number of aryl methyl sites for hydroxylation is 2. The van der Waals surface area contributed by atoms with Crippen LogP contribution in [0.1, 0.15) is 16.7 Å². The minimum Gasteiger partial charge on any atom is -0.497 e. The Hall–Kier alpha value is -3.11. The summed E-state index contributed by atoms with van der Waals surface area (Å²) in [5.41, 5.74) is 6.31. The van der Waals surface area contributed by atoms with Gasteiger partial charge in [-0.3, -0.25) is 4.79 Å². The topological polar surface area (TPSA) is 41.6 Å². The van der Waals surface area contributed by atoms with E-state index in [1.54, 1.807) is 7.11 Å². The Bertz CT molecular complexity index is 950. The molecule has 3 aromatic rings. The van der Waals surface area contributed by atoms with Crippen LogP contribution in [0.3, 0.4) is 0 Å². The highest BCUT2D eigenvalue weighted by molar-refractivity contribution is 5.82. The van der Waals surface area contributed by atoms with Gasteiger partial charge < -0.3 is 15.0 Å². The number of carbonyl (C=O) groups is 1. The van der Waals surface area contributed by atoms with Gasteiger partial charge in [-0.05, 0) is 53.8 Å². The van der Waals surface area contributed by atoms with E-state index < -0.39 is 0 Å². The maximum absolute atomic E-state index is 12.4. The van der Waals surface area contributed by atoms with Gasteiger partial charge in [0.1, 0.15) is 5.75 Å². The summed E-state index contributed by atoms with van der Waals surface area (Å²) < 4.78 is 5.17. The monoisotopic (exact) mass is 400 g/mol. The molecule has 0 unspecified atom stereocenters. The summed E-state index contributed by atoms with van der Waals surface area (Å²) in [5, 5.41) is 3.34. The lowest BCUT2D eigenvalue weighted by Crippen LogP contribution is -2.32. The van der Waals surface area contributed by atoms with Gasteiger partial charge >= 0.3 is 0 Å². The van der Waals surface area contributed by atoms with E-state index in [1.165, 1.54) is 22.5 Å². The average Bonchev–Trinajstić information content (AvgIpc) is 2.94. The Morgan fingerprint density at radius 1 is 0.900 bits per heavy atom. The molecule has 1 aliphatic rings. The zero-order valence-electron chi connectivity index (χ0n) is 17.4. The van der Waals surface area contributed by atoms with Gasteiger partial charge in [-0.15, -0.1) is 0 Å². The summed E-state index contributed by atoms with van der Waals surface area (Å²) in [5.74, 6) is 0.999. The number of methoxy groups -OCH3 is 1. The number of hydrogen-bond donors (Lipinski definition) is 1. The number of para-hydroxylation sites is 2. The van der Waals surface area contributed by atoms with Gasteiger partial charge in [0.05, 0.1) is 13.7 Å². The van der Waals surface area contributed by atoms with E-state index in [1.807, 2.05) is 24.3 Å². The molecule has 154 valence electrons. The second-order valence-electron chi connectivity index (χ2n) is 7.65. The van der Waals surface area contributed by atoms with E-state index >= 15 is 0 Å². The molecule has 1 N–H and O–H groups in total. The lowest BCUT2D eigenvalue weighted by Gasteiger charge is -2.27. The summed E-state index contributed by atoms with van der Waals surface area (Å²) in [6, 6.07) is 25.0. The highest BCUT2D eigenvalue weighted by Gasteiger charge is 2.19. The van der Waals surface area contributed by atoms with Crippen LogP contribution in [0.15, 0.2) is 72.8 Å². The molecule has 0 aliphatic carbocycles. The quantitative estimate of drug-likeness (QED) is 0.572. The number of Topliss-reactive ketones (excluding diaryl/α,β-unsaturated/α-hetero) is 1. The standard InChI is InChI=1S/C26H28N2O2/c1-30-24-14-10-20(11-15-24)18-23(29)19-27-16-17-28-25-8-4-2-6-21(25)12-13-22-7-3-5-9-26(22)28/h2-11,14-15,27H,12-13,16-19H2,1H3. The molecule has 0 amide bonds. The van der Waals surface area contributed by atoms with Gasteiger partial charge in [-0.25, -0.2) is 0 Å². The molecule has 3 aromatic carbocycles. The van der Waals surface area contributed by atoms with Gasteiger partial charge in [0.2, 0.25) is 0 Å². The molecule has 4 nitrogen and oxygen atoms in total. The molecule has 1 aliphatic heterocycles. The van der Waals surface area contributed by atoms with Crippen LogP contribution in [0.2, 0.25) is 0 Å². The predicted molar refractivity (Wildman–Crippen MR) is 122 cm³/mol. The smallest absolute Gasteiger partial charge is 0.150 e. The van der Waals surface area contributed by atoms with Crippen LogP contribution in [-0.2, 0) is 24.1 Å². The molecule has 30 heavy (non-hydrogen) atoms. The normalized spacial score (nSPS) is 12.6. The van der Waals surface area contributed by atoms with Crippen molar-refractivity contribution in [2.24, 2.45) is 0 Å². The first-order chi connectivity index (χ1) is 14.7. The fourth-order valence-electron chi connectivity index (χ4n) is 4.06. The fraction of sp³-hybridized carbons (Fsp3) is 0.269. The third-order valence-corrected chi connectivity index (χ3v) is 5.62. The fourth-order valence-corrected chi connectivity index (χ4v) is 4.06. The van der Waals surface area contributed by atoms with Crippen molar-refractivity contribution in [1.82, 2.24) is 5.32 Å². The second-order valence-corrected chi connectivity index (χ2v) is 7.65. The van der Waals surface area contributed by atoms with Crippen molar-refractivity contribution in [3.63, 3.8) is 0 Å². The van der Waals surface area contributed by atoms with Crippen LogP contribution in [0.4, 0.5) is 11.4 Å². The van der Waals surface area contributed by atoms with Gasteiger partial charge in [-0.1, -0.05) is 48.5 Å². The molecule has 4 rings (SSSR count). The van der Waals surface area contributed by atoms with Crippen molar-refractivity contribution in [3.8, 4) is 5.75 Å². The maximum Gasteiger partial charge on any atom is 0.150 e. The molecule has 0 aromatic heterocycles. The third kappa shape index (κ3) is 4.71. The van der Waals surface area contributed by atoms with Crippen molar-refractivity contribution < 1.29 is 9.53 Å². The molecule has 1 heterocycles. The number of rotatable bonds is 8. The molecule has 4 heteroatoms. The highest BCUT2D eigenvalue weighted by Crippen LogP contribution is 2.35. The van der Waals surface area contributed by atoms with E-state index in [4.69, 9.17) is 4.74 Å². The summed E-state index contributed by atoms with van der Waals surface area (Å²) in [6.45, 7) is 1.95. The van der Waals surface area contributed by atoms with Crippen LogP contribution in [-0.4, -0.2) is 32.5 Å². The van der Waals surface area contributed by atoms with Crippen LogP contribution in [0.5, 0.6) is 5.75 Å². The summed E-state index contributed by atoms with van der Waals surface area (Å²) in [7, 11) is 1.64. The van der Waals surface area contributed by atoms with E-state index in [2.05, 4.69) is 58.7 Å². The van der Waals surface area contributed by atoms with Gasteiger partial charge in [-0.2, -0.15) is 0 Å². The Morgan fingerprint density at radius 2 is 1.50 bits per heavy atom. The number of nitrogens with one attached hydrogen (secondary N) is 1. The van der Waals surface area contributed by atoms with Crippen LogP contribution < -0.4 is 15.0 Å². The number of benzene rings is 3. The number of nitrogens with zero attached hydrogens (tertiary/aromatic N) is 1. The second kappa shape index (κ2) is 9.59. The molecule has 0 fully saturated rings. The van der Waals surface area contributed by atoms with Crippen LogP contribution in [0.25, 0.3) is 0 Å². The number of hydrogen-bond acceptors (Lipinski definition) is 4. The predicted octanol–water partition coefficient (Wildman–Crippen LogP) is 4.33. The molecule has 0 bridgehead atoms.